The molecule has 14 heteroatoms. The molecule has 2 fully saturated rings. The molecule has 6 rings (SSSR count). The second kappa shape index (κ2) is 11.2. The number of nitrogens with one attached hydrogen (secondary N) is 1. The molecular weight excluding hydrogens is 533 g/mol. The Hall–Kier alpha value is -4.04. The molecule has 3 aromatic heterocycles. The van der Waals surface area contributed by atoms with Gasteiger partial charge in [-0.05, 0) is 43.4 Å². The second-order valence-electron chi connectivity index (χ2n) is 9.68. The van der Waals surface area contributed by atoms with E-state index in [1.165, 1.54) is 0 Å². The zero-order valence-electron chi connectivity index (χ0n) is 21.5. The minimum absolute atomic E-state index is 0.0270. The quantitative estimate of drug-likeness (QED) is 0.376. The van der Waals surface area contributed by atoms with Crippen molar-refractivity contribution in [3.8, 4) is 5.75 Å². The first-order valence-electron chi connectivity index (χ1n) is 12.7. The van der Waals surface area contributed by atoms with Gasteiger partial charge in [-0.3, -0.25) is 14.7 Å². The molecular formula is C26H27F3N6O5. The van der Waals surface area contributed by atoms with Gasteiger partial charge in [0, 0.05) is 44.1 Å². The Morgan fingerprint density at radius 1 is 1.18 bits per heavy atom. The van der Waals surface area contributed by atoms with Crippen LogP contribution in [0.1, 0.15) is 37.7 Å². The van der Waals surface area contributed by atoms with Gasteiger partial charge >= 0.3 is 12.1 Å². The van der Waals surface area contributed by atoms with E-state index in [2.05, 4.69) is 33.0 Å². The highest BCUT2D eigenvalue weighted by molar-refractivity contribution is 5.82. The van der Waals surface area contributed by atoms with E-state index in [9.17, 15) is 18.0 Å². The van der Waals surface area contributed by atoms with Crippen LogP contribution in [0.2, 0.25) is 0 Å². The smallest absolute Gasteiger partial charge is 0.488 e. The predicted molar refractivity (Wildman–Crippen MR) is 137 cm³/mol. The third-order valence-corrected chi connectivity index (χ3v) is 7.00. The minimum Gasteiger partial charge on any atom is -0.488 e. The Labute approximate surface area is 225 Å². The molecule has 0 saturated carbocycles. The molecule has 11 nitrogen and oxygen atoms in total. The lowest BCUT2D eigenvalue weighted by Crippen LogP contribution is -2.54. The van der Waals surface area contributed by atoms with E-state index in [-0.39, 0.29) is 23.7 Å². The number of hydrogen-bond donors (Lipinski definition) is 2. The number of ether oxygens (including phenoxy) is 2. The average molecular weight is 561 g/mol. The summed E-state index contributed by atoms with van der Waals surface area (Å²) in [4.78, 5) is 35.9. The predicted octanol–water partition coefficient (Wildman–Crippen LogP) is 3.48. The number of likely N-dealkylation sites (tertiary alicyclic amines) is 1. The lowest BCUT2D eigenvalue weighted by atomic mass is 10.1. The number of alkyl halides is 3. The normalized spacial score (nSPS) is 17.7. The van der Waals surface area contributed by atoms with Crippen LogP contribution in [0.4, 0.5) is 13.2 Å². The van der Waals surface area contributed by atoms with Gasteiger partial charge in [0.15, 0.2) is 5.65 Å². The molecule has 40 heavy (non-hydrogen) atoms. The van der Waals surface area contributed by atoms with Crippen LogP contribution in [0.25, 0.3) is 21.8 Å². The molecule has 0 spiro atoms. The van der Waals surface area contributed by atoms with Gasteiger partial charge in [-0.25, -0.2) is 14.5 Å². The van der Waals surface area contributed by atoms with Crippen LogP contribution in [0.5, 0.6) is 5.75 Å². The fourth-order valence-electron chi connectivity index (χ4n) is 4.71. The van der Waals surface area contributed by atoms with Gasteiger partial charge in [0.1, 0.15) is 23.1 Å². The summed E-state index contributed by atoms with van der Waals surface area (Å²) in [5.74, 6) is -1.25. The molecule has 1 unspecified atom stereocenters. The molecule has 0 bridgehead atoms. The third kappa shape index (κ3) is 5.92. The maximum absolute atomic E-state index is 12.7. The van der Waals surface area contributed by atoms with Crippen molar-refractivity contribution in [3.63, 3.8) is 0 Å². The summed E-state index contributed by atoms with van der Waals surface area (Å²) >= 11 is 0. The highest BCUT2D eigenvalue weighted by Gasteiger charge is 2.38. The van der Waals surface area contributed by atoms with E-state index >= 15 is 0 Å². The van der Waals surface area contributed by atoms with Crippen LogP contribution in [-0.2, 0) is 9.53 Å². The number of pyridine rings is 1. The summed E-state index contributed by atoms with van der Waals surface area (Å²) < 4.78 is 45.3. The van der Waals surface area contributed by atoms with Crippen molar-refractivity contribution in [2.75, 3.05) is 26.3 Å². The molecule has 1 atom stereocenters. The van der Waals surface area contributed by atoms with Crippen LogP contribution in [0, 0.1) is 0 Å². The van der Waals surface area contributed by atoms with Crippen molar-refractivity contribution in [2.45, 2.75) is 44.1 Å². The van der Waals surface area contributed by atoms with Gasteiger partial charge in [0.2, 0.25) is 0 Å². The number of aromatic nitrogens is 5. The second-order valence-corrected chi connectivity index (χ2v) is 9.68. The first-order chi connectivity index (χ1) is 19.1. The Kier molecular flexibility index (Phi) is 7.72. The third-order valence-electron chi connectivity index (χ3n) is 7.00. The number of carboxylic acids is 1. The number of carboxylic acid groups (broad SMARTS) is 1. The van der Waals surface area contributed by atoms with E-state index in [4.69, 9.17) is 24.4 Å². The summed E-state index contributed by atoms with van der Waals surface area (Å²) in [6.45, 7) is 5.03. The van der Waals surface area contributed by atoms with Crippen molar-refractivity contribution < 1.29 is 32.5 Å². The molecule has 0 aliphatic carbocycles. The number of halogens is 3. The Morgan fingerprint density at radius 2 is 1.90 bits per heavy atom. The number of aromatic amines is 1. The molecule has 2 saturated heterocycles. The molecule has 1 aromatic carbocycles. The van der Waals surface area contributed by atoms with E-state index < -0.39 is 12.1 Å². The zero-order valence-corrected chi connectivity index (χ0v) is 21.5. The fraction of sp³-hybridized carbons (Fsp3) is 0.423. The lowest BCUT2D eigenvalue weighted by molar-refractivity contribution is -0.192. The number of H-pyrrole nitrogens is 1. The average Bonchev–Trinajstić information content (AvgIpc) is 3.35. The number of aliphatic carboxylic acids is 1. The van der Waals surface area contributed by atoms with Gasteiger partial charge in [0.25, 0.3) is 5.56 Å². The van der Waals surface area contributed by atoms with E-state index in [0.29, 0.717) is 30.1 Å². The van der Waals surface area contributed by atoms with E-state index in [1.807, 2.05) is 29.1 Å². The molecule has 2 aliphatic heterocycles. The first-order valence-corrected chi connectivity index (χ1v) is 12.7. The molecule has 2 aliphatic rings. The number of fused-ring (bicyclic) bond motifs is 2. The van der Waals surface area contributed by atoms with E-state index in [0.717, 1.165) is 42.5 Å². The maximum atomic E-state index is 12.7. The van der Waals surface area contributed by atoms with Crippen molar-refractivity contribution in [3.05, 3.63) is 59.0 Å². The van der Waals surface area contributed by atoms with Crippen LogP contribution < -0.4 is 10.3 Å². The number of carbonyl (C=O) groups is 1. The Morgan fingerprint density at radius 3 is 2.60 bits per heavy atom. The van der Waals surface area contributed by atoms with E-state index in [1.54, 1.807) is 12.4 Å². The molecule has 0 radical (unpaired) electrons. The number of nitrogens with zero attached hydrogens (tertiary/aromatic N) is 5. The van der Waals surface area contributed by atoms with Crippen molar-refractivity contribution in [1.82, 2.24) is 29.6 Å². The van der Waals surface area contributed by atoms with Gasteiger partial charge in [-0.1, -0.05) is 6.07 Å². The van der Waals surface area contributed by atoms with Gasteiger partial charge < -0.3 is 19.6 Å². The Balaban J connectivity index is 0.000000411. The summed E-state index contributed by atoms with van der Waals surface area (Å²) in [6, 6.07) is 8.26. The van der Waals surface area contributed by atoms with Crippen molar-refractivity contribution >= 4 is 27.8 Å². The van der Waals surface area contributed by atoms with Gasteiger partial charge in [-0.2, -0.15) is 18.3 Å². The fourth-order valence-corrected chi connectivity index (χ4v) is 4.71. The molecule has 5 heterocycles. The zero-order chi connectivity index (χ0) is 28.4. The largest absolute Gasteiger partial charge is 0.490 e. The van der Waals surface area contributed by atoms with Crippen LogP contribution in [0.15, 0.2) is 47.7 Å². The minimum atomic E-state index is -5.08. The number of benzene rings is 1. The summed E-state index contributed by atoms with van der Waals surface area (Å²) in [6.07, 6.45) is 2.04. The van der Waals surface area contributed by atoms with Crippen LogP contribution in [-0.4, -0.2) is 79.3 Å². The SMILES string of the molecule is CC(c1nc2c(cnn2C2CCOCC2)c(=O)[nH]1)N1CC(Oc2ccc3ccncc3c2)C1.O=C(O)C(F)(F)F. The van der Waals surface area contributed by atoms with Crippen molar-refractivity contribution in [1.29, 1.82) is 0 Å². The Bertz CT molecular complexity index is 1560. The monoisotopic (exact) mass is 560 g/mol. The highest BCUT2D eigenvalue weighted by Crippen LogP contribution is 2.29. The number of hydrogen-bond acceptors (Lipinski definition) is 8. The maximum Gasteiger partial charge on any atom is 0.490 e. The molecule has 0 amide bonds. The van der Waals surface area contributed by atoms with Crippen LogP contribution >= 0.6 is 0 Å². The standard InChI is InChI=1S/C24H26N6O3.C2HF3O2/c1-15(29-13-20(14-29)33-19-3-2-16-4-7-25-11-17(16)10-19)22-27-23-21(24(31)28-22)12-26-30(23)18-5-8-32-9-6-18;3-2(4,5)1(6)7/h2-4,7,10-12,15,18,20H,5-6,8-9,13-14H2,1H3,(H,27,28,31);(H,6,7). The van der Waals surface area contributed by atoms with Gasteiger partial charge in [-0.15, -0.1) is 0 Å². The topological polar surface area (TPSA) is 135 Å². The molecule has 4 aromatic rings. The summed E-state index contributed by atoms with van der Waals surface area (Å²) in [7, 11) is 0. The van der Waals surface area contributed by atoms with Crippen molar-refractivity contribution in [2.24, 2.45) is 0 Å². The molecule has 212 valence electrons. The molecule has 2 N–H and O–H groups in total. The number of rotatable bonds is 5. The summed E-state index contributed by atoms with van der Waals surface area (Å²) in [5, 5.41) is 14.4. The summed E-state index contributed by atoms with van der Waals surface area (Å²) in [5.41, 5.74) is 0.517. The van der Waals surface area contributed by atoms with Crippen LogP contribution in [0.3, 0.4) is 0 Å². The first kappa shape index (κ1) is 27.5. The highest BCUT2D eigenvalue weighted by atomic mass is 19.4. The lowest BCUT2D eigenvalue weighted by Gasteiger charge is -2.42. The van der Waals surface area contributed by atoms with Gasteiger partial charge in [0.05, 0.1) is 18.3 Å².